The first kappa shape index (κ1) is 22.7. The van der Waals surface area contributed by atoms with Gasteiger partial charge in [-0.3, -0.25) is 24.5 Å². The van der Waals surface area contributed by atoms with Gasteiger partial charge in [-0.25, -0.2) is 0 Å². The number of nitro groups is 1. The van der Waals surface area contributed by atoms with Crippen LogP contribution >= 0.6 is 11.6 Å². The summed E-state index contributed by atoms with van der Waals surface area (Å²) in [6, 6.07) is 7.82. The zero-order chi connectivity index (χ0) is 23.6. The average molecular weight is 462 g/mol. The van der Waals surface area contributed by atoms with Crippen molar-refractivity contribution in [2.24, 2.45) is 5.10 Å². The molecule has 0 radical (unpaired) electrons. The Morgan fingerprint density at radius 3 is 2.16 bits per heavy atom. The van der Waals surface area contributed by atoms with Crippen LogP contribution < -0.4 is 9.47 Å². The maximum atomic E-state index is 12.2. The fourth-order valence-corrected chi connectivity index (χ4v) is 3.08. The normalized spacial score (nSPS) is 14.9. The molecule has 3 rings (SSSR count). The van der Waals surface area contributed by atoms with Gasteiger partial charge < -0.3 is 14.2 Å². The molecule has 32 heavy (non-hydrogen) atoms. The topological polar surface area (TPSA) is 138 Å². The number of hydrogen-bond acceptors (Lipinski definition) is 9. The summed E-state index contributed by atoms with van der Waals surface area (Å²) in [4.78, 5) is 45.5. The zero-order valence-corrected chi connectivity index (χ0v) is 17.8. The summed E-state index contributed by atoms with van der Waals surface area (Å²) in [6.07, 6.45) is -1.19. The lowest BCUT2D eigenvalue weighted by Gasteiger charge is -2.20. The molecule has 1 heterocycles. The van der Waals surface area contributed by atoms with Gasteiger partial charge in [0, 0.05) is 55.1 Å². The van der Waals surface area contributed by atoms with Gasteiger partial charge in [0.05, 0.1) is 4.92 Å². The molecule has 11 nitrogen and oxygen atoms in total. The Hall–Kier alpha value is -3.99. The Labute approximate surface area is 186 Å². The fourth-order valence-electron chi connectivity index (χ4n) is 2.87. The molecule has 0 aliphatic carbocycles. The van der Waals surface area contributed by atoms with Crippen molar-refractivity contribution in [3.05, 3.63) is 62.7 Å². The first-order valence-corrected chi connectivity index (χ1v) is 9.44. The Bertz CT molecular complexity index is 1130. The summed E-state index contributed by atoms with van der Waals surface area (Å²) < 4.78 is 15.9. The second kappa shape index (κ2) is 9.02. The minimum atomic E-state index is -1.19. The highest BCUT2D eigenvalue weighted by atomic mass is 35.5. The van der Waals surface area contributed by atoms with E-state index in [2.05, 4.69) is 5.10 Å². The number of rotatable bonds is 5. The molecule has 2 aromatic rings. The van der Waals surface area contributed by atoms with Crippen LogP contribution in [0.1, 0.15) is 38.1 Å². The van der Waals surface area contributed by atoms with Crippen LogP contribution in [0.15, 0.2) is 41.5 Å². The Morgan fingerprint density at radius 1 is 1.06 bits per heavy atom. The van der Waals surface area contributed by atoms with Gasteiger partial charge >= 0.3 is 11.9 Å². The SMILES string of the molecule is CC(=O)Oc1cc(OC(C)=O)cc(C2=NN(C(C)=O)[C@@H](c3cc([N+](=O)[O-])ccc3Cl)O2)c1. The Kier molecular flexibility index (Phi) is 6.40. The number of ether oxygens (including phenoxy) is 3. The van der Waals surface area contributed by atoms with Gasteiger partial charge in [-0.05, 0) is 18.2 Å². The first-order valence-electron chi connectivity index (χ1n) is 9.06. The molecule has 1 atom stereocenters. The number of nitrogens with zero attached hydrogens (tertiary/aromatic N) is 3. The number of hydrogen-bond donors (Lipinski definition) is 0. The first-order chi connectivity index (χ1) is 15.0. The largest absolute Gasteiger partial charge is 0.446 e. The maximum Gasteiger partial charge on any atom is 0.308 e. The number of carbonyl (C=O) groups is 3. The van der Waals surface area contributed by atoms with Gasteiger partial charge in [-0.15, -0.1) is 5.10 Å². The van der Waals surface area contributed by atoms with Crippen LogP contribution in [0.5, 0.6) is 11.5 Å². The molecular formula is C20H16ClN3O8. The molecule has 0 saturated heterocycles. The monoisotopic (exact) mass is 461 g/mol. The number of non-ortho nitro benzene ring substituents is 1. The molecule has 12 heteroatoms. The lowest BCUT2D eigenvalue weighted by atomic mass is 10.1. The summed E-state index contributed by atoms with van der Waals surface area (Å²) in [7, 11) is 0. The third-order valence-corrected chi connectivity index (χ3v) is 4.42. The van der Waals surface area contributed by atoms with Crippen LogP contribution in [0.3, 0.4) is 0 Å². The number of benzene rings is 2. The minimum Gasteiger partial charge on any atom is -0.446 e. The number of carbonyl (C=O) groups excluding carboxylic acids is 3. The van der Waals surface area contributed by atoms with E-state index >= 15 is 0 Å². The number of esters is 2. The Balaban J connectivity index is 2.04. The van der Waals surface area contributed by atoms with Gasteiger partial charge in [0.25, 0.3) is 5.69 Å². The smallest absolute Gasteiger partial charge is 0.308 e. The summed E-state index contributed by atoms with van der Waals surface area (Å²) in [6.45, 7) is 3.62. The maximum absolute atomic E-state index is 12.2. The van der Waals surface area contributed by atoms with Gasteiger partial charge in [0.2, 0.25) is 18.0 Å². The number of nitro benzene ring substituents is 1. The third-order valence-electron chi connectivity index (χ3n) is 4.07. The van der Waals surface area contributed by atoms with E-state index in [1.807, 2.05) is 0 Å². The molecule has 0 fully saturated rings. The van der Waals surface area contributed by atoms with Crippen molar-refractivity contribution < 1.29 is 33.5 Å². The molecule has 0 aromatic heterocycles. The highest BCUT2D eigenvalue weighted by Gasteiger charge is 2.35. The highest BCUT2D eigenvalue weighted by Crippen LogP contribution is 2.37. The van der Waals surface area contributed by atoms with E-state index in [1.165, 1.54) is 57.2 Å². The van der Waals surface area contributed by atoms with E-state index in [1.54, 1.807) is 0 Å². The van der Waals surface area contributed by atoms with Gasteiger partial charge in [-0.2, -0.15) is 5.01 Å². The van der Waals surface area contributed by atoms with Crippen molar-refractivity contribution in [2.75, 3.05) is 0 Å². The van der Waals surface area contributed by atoms with Gasteiger partial charge in [0.1, 0.15) is 11.5 Å². The van der Waals surface area contributed by atoms with E-state index in [0.717, 1.165) is 5.01 Å². The third kappa shape index (κ3) is 5.01. The number of hydrazone groups is 1. The van der Waals surface area contributed by atoms with E-state index in [0.29, 0.717) is 0 Å². The van der Waals surface area contributed by atoms with E-state index < -0.39 is 29.0 Å². The molecule has 0 N–H and O–H groups in total. The summed E-state index contributed by atoms with van der Waals surface area (Å²) in [5, 5.41) is 16.4. The van der Waals surface area contributed by atoms with Crippen molar-refractivity contribution in [1.82, 2.24) is 5.01 Å². The minimum absolute atomic E-state index is 0.0451. The van der Waals surface area contributed by atoms with Crippen molar-refractivity contribution in [3.8, 4) is 11.5 Å². The second-order valence-corrected chi connectivity index (χ2v) is 6.99. The fraction of sp³-hybridized carbons (Fsp3) is 0.200. The molecule has 1 amide bonds. The van der Waals surface area contributed by atoms with Crippen LogP contribution in [0.2, 0.25) is 5.02 Å². The van der Waals surface area contributed by atoms with Crippen molar-refractivity contribution in [3.63, 3.8) is 0 Å². The molecule has 1 aliphatic heterocycles. The predicted octanol–water partition coefficient (Wildman–Crippen LogP) is 3.34. The second-order valence-electron chi connectivity index (χ2n) is 6.58. The summed E-state index contributed by atoms with van der Waals surface area (Å²) in [5.74, 6) is -1.75. The highest BCUT2D eigenvalue weighted by molar-refractivity contribution is 6.31. The van der Waals surface area contributed by atoms with E-state index in [4.69, 9.17) is 25.8 Å². The van der Waals surface area contributed by atoms with Crippen LogP contribution in [0.4, 0.5) is 5.69 Å². The van der Waals surface area contributed by atoms with E-state index in [-0.39, 0.29) is 39.2 Å². The van der Waals surface area contributed by atoms with Gasteiger partial charge in [0.15, 0.2) is 0 Å². The number of halogens is 1. The molecule has 0 unspecified atom stereocenters. The zero-order valence-electron chi connectivity index (χ0n) is 17.0. The predicted molar refractivity (Wildman–Crippen MR) is 110 cm³/mol. The quantitative estimate of drug-likeness (QED) is 0.286. The molecule has 166 valence electrons. The molecule has 0 bridgehead atoms. The van der Waals surface area contributed by atoms with Crippen LogP contribution in [-0.2, 0) is 19.1 Å². The Morgan fingerprint density at radius 2 is 1.66 bits per heavy atom. The number of amides is 1. The summed E-state index contributed by atoms with van der Waals surface area (Å²) >= 11 is 6.20. The van der Waals surface area contributed by atoms with E-state index in [9.17, 15) is 24.5 Å². The molecule has 0 spiro atoms. The summed E-state index contributed by atoms with van der Waals surface area (Å²) in [5.41, 5.74) is 0.112. The lowest BCUT2D eigenvalue weighted by Crippen LogP contribution is -2.25. The van der Waals surface area contributed by atoms with Crippen LogP contribution in [-0.4, -0.2) is 33.7 Å². The van der Waals surface area contributed by atoms with Crippen molar-refractivity contribution >= 4 is 41.0 Å². The van der Waals surface area contributed by atoms with Crippen molar-refractivity contribution in [2.45, 2.75) is 27.0 Å². The van der Waals surface area contributed by atoms with Crippen LogP contribution in [0, 0.1) is 10.1 Å². The average Bonchev–Trinajstić information content (AvgIpc) is 3.12. The molecule has 2 aromatic carbocycles. The lowest BCUT2D eigenvalue weighted by molar-refractivity contribution is -0.385. The van der Waals surface area contributed by atoms with Gasteiger partial charge in [-0.1, -0.05) is 11.6 Å². The molecular weight excluding hydrogens is 446 g/mol. The molecule has 0 saturated carbocycles. The van der Waals surface area contributed by atoms with Crippen LogP contribution in [0.25, 0.3) is 0 Å². The standard InChI is InChI=1S/C20H16ClN3O8/c1-10(25)23-20(17-8-14(24(28)29)4-5-18(17)21)32-19(22-23)13-6-15(30-11(2)26)9-16(7-13)31-12(3)27/h4-9,20H,1-3H3/t20-/m1/s1. The molecule has 1 aliphatic rings. The van der Waals surface area contributed by atoms with Crippen molar-refractivity contribution in [1.29, 1.82) is 0 Å².